The Bertz CT molecular complexity index is 450. The maximum absolute atomic E-state index is 13.5. The van der Waals surface area contributed by atoms with Gasteiger partial charge < -0.3 is 5.11 Å². The molecular weight excluding hydrogens is 322 g/mol. The monoisotopic (exact) mass is 329 g/mol. The largest absolute Gasteiger partial charge is 0.480 e. The van der Waals surface area contributed by atoms with E-state index in [9.17, 15) is 22.4 Å². The standard InChI is InChI=1S/C10H8BrF4NO2/c11-5-1-2-6(7(12)3-5)8(9(17)18)16-4-10(13,14)15/h1-3,8,16H,4H2,(H,17,18). The van der Waals surface area contributed by atoms with Gasteiger partial charge in [-0.1, -0.05) is 22.0 Å². The first-order valence-electron chi connectivity index (χ1n) is 4.68. The summed E-state index contributed by atoms with van der Waals surface area (Å²) in [6.07, 6.45) is -4.57. The summed E-state index contributed by atoms with van der Waals surface area (Å²) in [5.74, 6) is -2.48. The molecule has 0 aliphatic rings. The van der Waals surface area contributed by atoms with E-state index in [0.29, 0.717) is 4.47 Å². The third-order valence-electron chi connectivity index (χ3n) is 2.03. The van der Waals surface area contributed by atoms with Gasteiger partial charge in [-0.25, -0.2) is 4.39 Å². The number of aliphatic carboxylic acids is 1. The smallest absolute Gasteiger partial charge is 0.401 e. The van der Waals surface area contributed by atoms with Crippen LogP contribution >= 0.6 is 15.9 Å². The highest BCUT2D eigenvalue weighted by Crippen LogP contribution is 2.23. The Kier molecular flexibility index (Phi) is 4.69. The molecule has 0 aromatic heterocycles. The highest BCUT2D eigenvalue weighted by Gasteiger charge is 2.31. The quantitative estimate of drug-likeness (QED) is 0.835. The molecule has 0 heterocycles. The van der Waals surface area contributed by atoms with Crippen LogP contribution < -0.4 is 5.32 Å². The van der Waals surface area contributed by atoms with Crippen LogP contribution in [0.5, 0.6) is 0 Å². The lowest BCUT2D eigenvalue weighted by Gasteiger charge is -2.17. The molecule has 2 N–H and O–H groups in total. The van der Waals surface area contributed by atoms with E-state index < -0.39 is 30.5 Å². The lowest BCUT2D eigenvalue weighted by molar-refractivity contribution is -0.143. The molecule has 0 fully saturated rings. The maximum atomic E-state index is 13.5. The molecule has 0 bridgehead atoms. The normalized spacial score (nSPS) is 13.4. The van der Waals surface area contributed by atoms with Crippen LogP contribution in [0.4, 0.5) is 17.6 Å². The average Bonchev–Trinajstić information content (AvgIpc) is 2.18. The molecule has 0 aliphatic heterocycles. The van der Waals surface area contributed by atoms with Crippen molar-refractivity contribution in [3.05, 3.63) is 34.1 Å². The van der Waals surface area contributed by atoms with Crippen LogP contribution in [-0.2, 0) is 4.79 Å². The van der Waals surface area contributed by atoms with Gasteiger partial charge in [0.2, 0.25) is 0 Å². The molecule has 0 saturated carbocycles. The number of nitrogens with one attached hydrogen (secondary N) is 1. The molecule has 1 rings (SSSR count). The summed E-state index contributed by atoms with van der Waals surface area (Å²) in [5.41, 5.74) is -0.352. The minimum Gasteiger partial charge on any atom is -0.480 e. The fourth-order valence-corrected chi connectivity index (χ4v) is 1.62. The molecule has 3 nitrogen and oxygen atoms in total. The number of hydrogen-bond donors (Lipinski definition) is 2. The van der Waals surface area contributed by atoms with Gasteiger partial charge in [0.05, 0.1) is 6.54 Å². The second-order valence-electron chi connectivity index (χ2n) is 3.43. The van der Waals surface area contributed by atoms with Crippen molar-refractivity contribution in [2.75, 3.05) is 6.54 Å². The van der Waals surface area contributed by atoms with Gasteiger partial charge in [-0.2, -0.15) is 13.2 Å². The fourth-order valence-electron chi connectivity index (χ4n) is 1.28. The Morgan fingerprint density at radius 3 is 2.50 bits per heavy atom. The lowest BCUT2D eigenvalue weighted by atomic mass is 10.1. The van der Waals surface area contributed by atoms with Crippen LogP contribution in [0, 0.1) is 5.82 Å². The molecule has 8 heteroatoms. The number of carboxylic acid groups (broad SMARTS) is 1. The third-order valence-corrected chi connectivity index (χ3v) is 2.52. The summed E-state index contributed by atoms with van der Waals surface area (Å²) >= 11 is 2.97. The molecular formula is C10H8BrF4NO2. The number of hydrogen-bond acceptors (Lipinski definition) is 2. The van der Waals surface area contributed by atoms with E-state index in [1.165, 1.54) is 6.07 Å². The zero-order valence-corrected chi connectivity index (χ0v) is 10.3. The molecule has 0 aliphatic carbocycles. The van der Waals surface area contributed by atoms with Gasteiger partial charge >= 0.3 is 12.1 Å². The van der Waals surface area contributed by atoms with Crippen LogP contribution in [-0.4, -0.2) is 23.8 Å². The first-order valence-corrected chi connectivity index (χ1v) is 5.48. The van der Waals surface area contributed by atoms with Gasteiger partial charge in [0.1, 0.15) is 11.9 Å². The Labute approximate surface area is 108 Å². The molecule has 100 valence electrons. The number of carboxylic acids is 1. The van der Waals surface area contributed by atoms with Gasteiger partial charge in [0, 0.05) is 10.0 Å². The van der Waals surface area contributed by atoms with E-state index in [1.807, 2.05) is 0 Å². The minimum absolute atomic E-state index is 0.352. The SMILES string of the molecule is O=C(O)C(NCC(F)(F)F)c1ccc(Br)cc1F. The van der Waals surface area contributed by atoms with E-state index in [2.05, 4.69) is 15.9 Å². The highest BCUT2D eigenvalue weighted by atomic mass is 79.9. The molecule has 1 atom stereocenters. The molecule has 1 aromatic rings. The van der Waals surface area contributed by atoms with Crippen LogP contribution in [0.3, 0.4) is 0 Å². The summed E-state index contributed by atoms with van der Waals surface area (Å²) in [6.45, 7) is -1.51. The fraction of sp³-hybridized carbons (Fsp3) is 0.300. The van der Waals surface area contributed by atoms with Crippen molar-refractivity contribution in [2.24, 2.45) is 0 Å². The van der Waals surface area contributed by atoms with Gasteiger partial charge in [-0.3, -0.25) is 10.1 Å². The molecule has 1 aromatic carbocycles. The Morgan fingerprint density at radius 1 is 1.44 bits per heavy atom. The van der Waals surface area contributed by atoms with E-state index in [0.717, 1.165) is 12.1 Å². The summed E-state index contributed by atoms with van der Waals surface area (Å²) in [5, 5.41) is 10.6. The molecule has 18 heavy (non-hydrogen) atoms. The number of carbonyl (C=O) groups is 1. The Balaban J connectivity index is 2.95. The van der Waals surface area contributed by atoms with Crippen molar-refractivity contribution in [1.82, 2.24) is 5.32 Å². The second kappa shape index (κ2) is 5.66. The predicted octanol–water partition coefficient (Wildman–Crippen LogP) is 2.87. The summed E-state index contributed by atoms with van der Waals surface area (Å²) in [4.78, 5) is 10.8. The van der Waals surface area contributed by atoms with Crippen LogP contribution in [0.25, 0.3) is 0 Å². The van der Waals surface area contributed by atoms with Crippen molar-refractivity contribution in [2.45, 2.75) is 12.2 Å². The number of halogens is 5. The third kappa shape index (κ3) is 4.26. The second-order valence-corrected chi connectivity index (χ2v) is 4.35. The van der Waals surface area contributed by atoms with Crippen molar-refractivity contribution >= 4 is 21.9 Å². The molecule has 1 unspecified atom stereocenters. The topological polar surface area (TPSA) is 49.3 Å². The van der Waals surface area contributed by atoms with Crippen molar-refractivity contribution in [3.8, 4) is 0 Å². The average molecular weight is 330 g/mol. The maximum Gasteiger partial charge on any atom is 0.401 e. The van der Waals surface area contributed by atoms with Crippen LogP contribution in [0.1, 0.15) is 11.6 Å². The zero-order chi connectivity index (χ0) is 13.9. The summed E-state index contributed by atoms with van der Waals surface area (Å²) < 4.78 is 49.8. The minimum atomic E-state index is -4.57. The highest BCUT2D eigenvalue weighted by molar-refractivity contribution is 9.10. The van der Waals surface area contributed by atoms with Crippen molar-refractivity contribution in [1.29, 1.82) is 0 Å². The number of alkyl halides is 3. The first kappa shape index (κ1) is 14.9. The predicted molar refractivity (Wildman–Crippen MR) is 58.5 cm³/mol. The Morgan fingerprint density at radius 2 is 2.06 bits per heavy atom. The summed E-state index contributed by atoms with van der Waals surface area (Å²) in [6, 6.07) is 1.70. The van der Waals surface area contributed by atoms with Gasteiger partial charge in [-0.05, 0) is 12.1 Å². The van der Waals surface area contributed by atoms with Crippen molar-refractivity contribution < 1.29 is 27.5 Å². The molecule has 0 radical (unpaired) electrons. The molecule has 0 spiro atoms. The van der Waals surface area contributed by atoms with Crippen LogP contribution in [0.2, 0.25) is 0 Å². The van der Waals surface area contributed by atoms with E-state index in [1.54, 1.807) is 5.32 Å². The van der Waals surface area contributed by atoms with E-state index in [-0.39, 0.29) is 5.56 Å². The summed E-state index contributed by atoms with van der Waals surface area (Å²) in [7, 11) is 0. The van der Waals surface area contributed by atoms with Gasteiger partial charge in [0.15, 0.2) is 0 Å². The van der Waals surface area contributed by atoms with Crippen LogP contribution in [0.15, 0.2) is 22.7 Å². The van der Waals surface area contributed by atoms with Gasteiger partial charge in [-0.15, -0.1) is 0 Å². The zero-order valence-electron chi connectivity index (χ0n) is 8.76. The first-order chi connectivity index (χ1) is 8.20. The molecule has 0 saturated heterocycles. The number of rotatable bonds is 4. The van der Waals surface area contributed by atoms with Crippen molar-refractivity contribution in [3.63, 3.8) is 0 Å². The van der Waals surface area contributed by atoms with E-state index in [4.69, 9.17) is 5.11 Å². The van der Waals surface area contributed by atoms with E-state index >= 15 is 0 Å². The molecule has 0 amide bonds. The Hall–Kier alpha value is -1.15. The van der Waals surface area contributed by atoms with Gasteiger partial charge in [0.25, 0.3) is 0 Å². The number of benzene rings is 1. The lowest BCUT2D eigenvalue weighted by Crippen LogP contribution is -2.36.